The molecule has 11 rings (SSSR count). The van der Waals surface area contributed by atoms with Crippen LogP contribution in [-0.4, -0.2) is 122 Å². The number of ether oxygens (including phenoxy) is 2. The van der Waals surface area contributed by atoms with E-state index >= 15 is 17.6 Å². The van der Waals surface area contributed by atoms with Crippen LogP contribution < -0.4 is 10.6 Å². The molecule has 0 spiro atoms. The molecule has 0 radical (unpaired) electrons. The summed E-state index contributed by atoms with van der Waals surface area (Å²) < 4.78 is 76.9. The number of nitrogens with zero attached hydrogens (tertiary/aromatic N) is 6. The summed E-state index contributed by atoms with van der Waals surface area (Å²) in [6.45, 7) is 2.01. The van der Waals surface area contributed by atoms with Gasteiger partial charge < -0.3 is 49.7 Å². The fourth-order valence-electron chi connectivity index (χ4n) is 13.9. The molecule has 7 atom stereocenters. The number of H-pyrrole nitrogens is 2. The predicted octanol–water partition coefficient (Wildman–Crippen LogP) is 10.0. The number of aromatic amines is 2. The fourth-order valence-corrected chi connectivity index (χ4v) is 13.9. The van der Waals surface area contributed by atoms with Crippen LogP contribution in [-0.2, 0) is 19.1 Å². The molecular weight excluding hydrogens is 973 g/mol. The van der Waals surface area contributed by atoms with Gasteiger partial charge >= 0.3 is 12.2 Å². The normalized spacial score (nSPS) is 25.7. The summed E-state index contributed by atoms with van der Waals surface area (Å²) in [4.78, 5) is 77.0. The van der Waals surface area contributed by atoms with E-state index in [0.29, 0.717) is 98.4 Å². The molecule has 4 N–H and O–H groups in total. The van der Waals surface area contributed by atoms with Crippen LogP contribution in [0.5, 0.6) is 0 Å². The van der Waals surface area contributed by atoms with Gasteiger partial charge in [-0.25, -0.2) is 37.1 Å². The summed E-state index contributed by atoms with van der Waals surface area (Å²) in [5.41, 5.74) is 2.52. The molecule has 20 heteroatoms. The van der Waals surface area contributed by atoms with E-state index in [1.54, 1.807) is 31.7 Å². The molecule has 75 heavy (non-hydrogen) atoms. The Morgan fingerprint density at radius 3 is 1.51 bits per heavy atom. The number of alkyl halides is 1. The molecule has 6 heterocycles. The first-order valence-corrected chi connectivity index (χ1v) is 27.3. The van der Waals surface area contributed by atoms with Gasteiger partial charge in [-0.1, -0.05) is 25.7 Å². The fraction of sp³-hybridized carbons (Fsp3) is 0.600. The number of nitrogens with one attached hydrogen (secondary N) is 4. The number of amides is 4. The van der Waals surface area contributed by atoms with Crippen LogP contribution in [0.2, 0.25) is 0 Å². The smallest absolute Gasteiger partial charge is 0.407 e. The molecule has 4 aliphatic heterocycles. The highest BCUT2D eigenvalue weighted by Gasteiger charge is 2.45. The summed E-state index contributed by atoms with van der Waals surface area (Å²) >= 11 is 0. The first kappa shape index (κ1) is 50.8. The van der Waals surface area contributed by atoms with Crippen molar-refractivity contribution < 1.29 is 46.2 Å². The van der Waals surface area contributed by atoms with Crippen molar-refractivity contribution in [3.05, 3.63) is 82.0 Å². The van der Waals surface area contributed by atoms with Crippen molar-refractivity contribution >= 4 is 46.1 Å². The van der Waals surface area contributed by atoms with Gasteiger partial charge in [0.05, 0.1) is 66.2 Å². The number of hydrogen-bond donors (Lipinski definition) is 4. The monoisotopic (exact) mass is 1040 g/mol. The van der Waals surface area contributed by atoms with Crippen LogP contribution in [0.15, 0.2) is 47.6 Å². The van der Waals surface area contributed by atoms with Crippen molar-refractivity contribution in [2.75, 3.05) is 40.4 Å². The standard InChI is InChI=1S/C55H68F4N10O6/c1-74-54(72)64-47(30-12-4-5-13-30)52(70)67-22-10-16-45(67)50-60-39-26-33(35(56)28-41(39)62-50)43-18-19-44(69(43)32-24-37(58)49(38(59)25-32)66-20-8-3-9-21-66)34-27-40-42(29-36(34)57)63-51(61-40)46-17-11-23-68(46)53(71)48(65-55(73)75-2)31-14-6-7-15-31/h24,26-31,38,43-48H,3-23,25H2,1-2H3,(H,60,62)(H,61,63)(H,64,72)(H,65,73)/t38?,43-,44-,45+,46+,47+,48+/m1/s1. The summed E-state index contributed by atoms with van der Waals surface area (Å²) in [5.74, 6) is -1.38. The number of methoxy groups -OCH3 is 2. The van der Waals surface area contributed by atoms with E-state index in [1.807, 2.05) is 0 Å². The average molecular weight is 1040 g/mol. The van der Waals surface area contributed by atoms with Crippen molar-refractivity contribution in [1.29, 1.82) is 0 Å². The lowest BCUT2D eigenvalue weighted by Crippen LogP contribution is -2.51. The van der Waals surface area contributed by atoms with Gasteiger partial charge in [0, 0.05) is 61.6 Å². The van der Waals surface area contributed by atoms with Gasteiger partial charge in [-0.05, 0) is 114 Å². The molecule has 2 aromatic heterocycles. The number of hydrogen-bond acceptors (Lipinski definition) is 10. The maximum absolute atomic E-state index is 16.9. The molecular formula is C55H68F4N10O6. The van der Waals surface area contributed by atoms with E-state index in [0.717, 1.165) is 70.6 Å². The van der Waals surface area contributed by atoms with E-state index < -0.39 is 72.1 Å². The second-order valence-electron chi connectivity index (χ2n) is 21.8. The number of halogens is 4. The number of carbonyl (C=O) groups is 4. The minimum Gasteiger partial charge on any atom is -0.453 e. The quantitative estimate of drug-likeness (QED) is 0.0998. The number of benzene rings is 2. The molecule has 4 aromatic rings. The number of fused-ring (bicyclic) bond motifs is 2. The molecule has 7 aliphatic rings. The highest BCUT2D eigenvalue weighted by atomic mass is 19.1. The largest absolute Gasteiger partial charge is 0.453 e. The Morgan fingerprint density at radius 2 is 1.07 bits per heavy atom. The van der Waals surface area contributed by atoms with Gasteiger partial charge in [-0.3, -0.25) is 9.59 Å². The number of piperidine rings is 1. The van der Waals surface area contributed by atoms with Crippen LogP contribution in [0.3, 0.4) is 0 Å². The summed E-state index contributed by atoms with van der Waals surface area (Å²) in [5, 5.41) is 5.60. The highest BCUT2D eigenvalue weighted by Crippen LogP contribution is 2.51. The molecule has 4 saturated heterocycles. The van der Waals surface area contributed by atoms with Crippen LogP contribution in [0, 0.1) is 23.5 Å². The maximum atomic E-state index is 16.9. The number of rotatable bonds is 12. The Morgan fingerprint density at radius 1 is 0.600 bits per heavy atom. The lowest BCUT2D eigenvalue weighted by Gasteiger charge is -2.39. The van der Waals surface area contributed by atoms with Gasteiger partial charge in [0.25, 0.3) is 0 Å². The zero-order valence-electron chi connectivity index (χ0n) is 42.8. The number of allylic oxidation sites excluding steroid dienone is 4. The first-order valence-electron chi connectivity index (χ1n) is 27.3. The average Bonchev–Trinajstić information content (AvgIpc) is 4.27. The Kier molecular flexibility index (Phi) is 14.5. The highest BCUT2D eigenvalue weighted by molar-refractivity contribution is 5.88. The zero-order chi connectivity index (χ0) is 52.1. The number of carbonyl (C=O) groups excluding carboxylic acids is 4. The Bertz CT molecular complexity index is 2730. The minimum absolute atomic E-state index is 0.0195. The Labute approximate surface area is 433 Å². The zero-order valence-corrected chi connectivity index (χ0v) is 42.8. The van der Waals surface area contributed by atoms with Gasteiger partial charge in [-0.15, -0.1) is 0 Å². The Balaban J connectivity index is 0.920. The predicted molar refractivity (Wildman–Crippen MR) is 270 cm³/mol. The molecule has 1 unspecified atom stereocenters. The van der Waals surface area contributed by atoms with E-state index in [4.69, 9.17) is 19.4 Å². The molecule has 3 aliphatic carbocycles. The molecule has 402 valence electrons. The van der Waals surface area contributed by atoms with Crippen LogP contribution >= 0.6 is 0 Å². The van der Waals surface area contributed by atoms with Gasteiger partial charge in [0.2, 0.25) is 11.8 Å². The third kappa shape index (κ3) is 9.78. The third-order valence-electron chi connectivity index (χ3n) is 17.5. The molecule has 6 fully saturated rings. The number of likely N-dealkylation sites (tertiary alicyclic amines) is 4. The Hall–Kier alpha value is -6.34. The molecule has 16 nitrogen and oxygen atoms in total. The van der Waals surface area contributed by atoms with Crippen LogP contribution in [0.4, 0.5) is 27.2 Å². The second kappa shape index (κ2) is 21.4. The van der Waals surface area contributed by atoms with Crippen molar-refractivity contribution in [3.8, 4) is 0 Å². The molecule has 4 amide bonds. The van der Waals surface area contributed by atoms with E-state index in [1.165, 1.54) is 32.4 Å². The summed E-state index contributed by atoms with van der Waals surface area (Å²) in [6, 6.07) is 2.08. The lowest BCUT2D eigenvalue weighted by atomic mass is 9.96. The molecule has 2 aromatic carbocycles. The molecule has 2 saturated carbocycles. The topological polar surface area (TPSA) is 181 Å². The van der Waals surface area contributed by atoms with E-state index in [-0.39, 0.29) is 52.6 Å². The van der Waals surface area contributed by atoms with Gasteiger partial charge in [0.15, 0.2) is 0 Å². The van der Waals surface area contributed by atoms with Gasteiger partial charge in [-0.2, -0.15) is 0 Å². The second-order valence-corrected chi connectivity index (χ2v) is 21.8. The number of alkyl carbamates (subject to hydrolysis) is 2. The first-order chi connectivity index (χ1) is 36.4. The maximum Gasteiger partial charge on any atom is 0.407 e. The number of imidazole rings is 2. The third-order valence-corrected chi connectivity index (χ3v) is 17.5. The molecule has 0 bridgehead atoms. The van der Waals surface area contributed by atoms with E-state index in [2.05, 4.69) is 20.6 Å². The summed E-state index contributed by atoms with van der Waals surface area (Å²) in [7, 11) is 2.54. The van der Waals surface area contributed by atoms with Crippen molar-refractivity contribution in [2.24, 2.45) is 11.8 Å². The van der Waals surface area contributed by atoms with Crippen molar-refractivity contribution in [1.82, 2.24) is 50.2 Å². The van der Waals surface area contributed by atoms with Crippen molar-refractivity contribution in [2.45, 2.75) is 158 Å². The van der Waals surface area contributed by atoms with Crippen LogP contribution in [0.1, 0.15) is 163 Å². The summed E-state index contributed by atoms with van der Waals surface area (Å²) in [6.07, 6.45) is 11.1. The van der Waals surface area contributed by atoms with E-state index in [9.17, 15) is 19.2 Å². The SMILES string of the molecule is COC(=O)N[C@H](C(=O)N1CCC[C@H]1c1nc2cc(F)c([C@H]3CC[C@H](c4cc5[nH]c([C@@H]6CCCN6C(=O)[C@@H](NC(=O)OC)C6CCCC6)nc5cc4F)N3C3=CC(F)=C(N4CCCCC4)C(F)C3)cc2[nH]1)C1CCCC1. The number of aromatic nitrogens is 4. The van der Waals surface area contributed by atoms with Crippen LogP contribution in [0.25, 0.3) is 22.1 Å². The minimum atomic E-state index is -1.68. The van der Waals surface area contributed by atoms with Gasteiger partial charge in [0.1, 0.15) is 47.4 Å². The lowest BCUT2D eigenvalue weighted by molar-refractivity contribution is -0.136. The van der Waals surface area contributed by atoms with Crippen molar-refractivity contribution in [3.63, 3.8) is 0 Å².